The highest BCUT2D eigenvalue weighted by atomic mass is 16.5. The summed E-state index contributed by atoms with van der Waals surface area (Å²) in [5.74, 6) is 0. The zero-order valence-corrected chi connectivity index (χ0v) is 11.3. The molecule has 1 heterocycles. The first-order valence-corrected chi connectivity index (χ1v) is 7.17. The molecule has 0 saturated heterocycles. The highest BCUT2D eigenvalue weighted by Crippen LogP contribution is 2.27. The van der Waals surface area contributed by atoms with Crippen LogP contribution in [-0.4, -0.2) is 29.0 Å². The highest BCUT2D eigenvalue weighted by molar-refractivity contribution is 5.02. The first kappa shape index (κ1) is 13.6. The molecule has 0 bridgehead atoms. The van der Waals surface area contributed by atoms with Crippen molar-refractivity contribution in [1.82, 2.24) is 9.78 Å². The highest BCUT2D eigenvalue weighted by Gasteiger charge is 2.16. The molecule has 1 aliphatic rings. The molecule has 102 valence electrons. The summed E-state index contributed by atoms with van der Waals surface area (Å²) in [7, 11) is 0. The molecule has 0 aromatic carbocycles. The molecule has 1 unspecified atom stereocenters. The number of hydrogen-bond acceptors (Lipinski definition) is 3. The third kappa shape index (κ3) is 3.82. The summed E-state index contributed by atoms with van der Waals surface area (Å²) < 4.78 is 7.47. The lowest BCUT2D eigenvalue weighted by atomic mass is 9.96. The van der Waals surface area contributed by atoms with Gasteiger partial charge in [0.15, 0.2) is 0 Å². The molecule has 0 aliphatic heterocycles. The van der Waals surface area contributed by atoms with E-state index in [1.165, 1.54) is 32.1 Å². The van der Waals surface area contributed by atoms with Crippen molar-refractivity contribution in [2.75, 3.05) is 13.2 Å². The average Bonchev–Trinajstić information content (AvgIpc) is 2.86. The van der Waals surface area contributed by atoms with Crippen molar-refractivity contribution in [1.29, 1.82) is 0 Å². The smallest absolute Gasteiger partial charge is 0.0641 e. The molecule has 1 aliphatic carbocycles. The summed E-state index contributed by atoms with van der Waals surface area (Å²) in [6.07, 6.45) is 9.51. The number of nitrogens with two attached hydrogens (primary N) is 1. The molecule has 4 heteroatoms. The fourth-order valence-corrected chi connectivity index (χ4v) is 2.63. The molecule has 4 nitrogen and oxygen atoms in total. The maximum absolute atomic E-state index is 6.01. The number of rotatable bonds is 6. The standard InChI is InChI=1S/C14H25N3O/c1-2-18-11-12(15)10-13-8-9-17(16-13)14-6-4-3-5-7-14/h8-9,12,14H,2-7,10-11,15H2,1H3. The number of nitrogens with zero attached hydrogens (tertiary/aromatic N) is 2. The second-order valence-electron chi connectivity index (χ2n) is 5.20. The lowest BCUT2D eigenvalue weighted by Gasteiger charge is -2.21. The molecule has 0 radical (unpaired) electrons. The number of ether oxygens (including phenoxy) is 1. The lowest BCUT2D eigenvalue weighted by Crippen LogP contribution is -2.29. The Hall–Kier alpha value is -0.870. The quantitative estimate of drug-likeness (QED) is 0.844. The first-order valence-electron chi connectivity index (χ1n) is 7.17. The summed E-state index contributed by atoms with van der Waals surface area (Å²) in [4.78, 5) is 0. The van der Waals surface area contributed by atoms with E-state index in [1.807, 2.05) is 6.92 Å². The minimum Gasteiger partial charge on any atom is -0.380 e. The van der Waals surface area contributed by atoms with Crippen molar-refractivity contribution in [2.45, 2.75) is 57.5 Å². The number of hydrogen-bond donors (Lipinski definition) is 1. The first-order chi connectivity index (χ1) is 8.79. The predicted octanol–water partition coefficient (Wildman–Crippen LogP) is 2.29. The Morgan fingerprint density at radius 2 is 2.22 bits per heavy atom. The van der Waals surface area contributed by atoms with E-state index in [1.54, 1.807) is 0 Å². The van der Waals surface area contributed by atoms with E-state index in [-0.39, 0.29) is 6.04 Å². The van der Waals surface area contributed by atoms with Crippen molar-refractivity contribution in [3.63, 3.8) is 0 Å². The maximum Gasteiger partial charge on any atom is 0.0641 e. The molecule has 1 aromatic heterocycles. The van der Waals surface area contributed by atoms with E-state index >= 15 is 0 Å². The minimum atomic E-state index is 0.0552. The van der Waals surface area contributed by atoms with Gasteiger partial charge in [-0.25, -0.2) is 0 Å². The van der Waals surface area contributed by atoms with Crippen molar-refractivity contribution in [3.05, 3.63) is 18.0 Å². The van der Waals surface area contributed by atoms with Crippen LogP contribution in [0.1, 0.15) is 50.8 Å². The van der Waals surface area contributed by atoms with E-state index in [2.05, 4.69) is 22.0 Å². The van der Waals surface area contributed by atoms with Gasteiger partial charge < -0.3 is 10.5 Å². The average molecular weight is 251 g/mol. The Bertz CT molecular complexity index is 345. The van der Waals surface area contributed by atoms with E-state index in [9.17, 15) is 0 Å². The van der Waals surface area contributed by atoms with Crippen molar-refractivity contribution in [2.24, 2.45) is 5.73 Å². The Labute approximate surface area is 110 Å². The van der Waals surface area contributed by atoms with Crippen LogP contribution >= 0.6 is 0 Å². The molecule has 1 aromatic rings. The van der Waals surface area contributed by atoms with Crippen LogP contribution in [0.5, 0.6) is 0 Å². The van der Waals surface area contributed by atoms with Crippen LogP contribution < -0.4 is 5.73 Å². The van der Waals surface area contributed by atoms with Crippen LogP contribution in [0, 0.1) is 0 Å². The van der Waals surface area contributed by atoms with Gasteiger partial charge in [-0.3, -0.25) is 4.68 Å². The van der Waals surface area contributed by atoms with Gasteiger partial charge in [-0.15, -0.1) is 0 Å². The van der Waals surface area contributed by atoms with Crippen molar-refractivity contribution in [3.8, 4) is 0 Å². The Kier molecular flexibility index (Phi) is 5.20. The molecular weight excluding hydrogens is 226 g/mol. The molecule has 1 saturated carbocycles. The second-order valence-corrected chi connectivity index (χ2v) is 5.20. The maximum atomic E-state index is 6.01. The lowest BCUT2D eigenvalue weighted by molar-refractivity contribution is 0.133. The second kappa shape index (κ2) is 6.90. The van der Waals surface area contributed by atoms with E-state index in [4.69, 9.17) is 10.5 Å². The van der Waals surface area contributed by atoms with Gasteiger partial charge in [0.25, 0.3) is 0 Å². The van der Waals surface area contributed by atoms with Crippen LogP contribution in [-0.2, 0) is 11.2 Å². The van der Waals surface area contributed by atoms with Crippen LogP contribution in [0.4, 0.5) is 0 Å². The fraction of sp³-hybridized carbons (Fsp3) is 0.786. The summed E-state index contributed by atoms with van der Waals surface area (Å²) in [6, 6.07) is 2.76. The Morgan fingerprint density at radius 3 is 2.94 bits per heavy atom. The zero-order chi connectivity index (χ0) is 12.8. The Morgan fingerprint density at radius 1 is 1.44 bits per heavy atom. The third-order valence-corrected chi connectivity index (χ3v) is 3.62. The van der Waals surface area contributed by atoms with Gasteiger partial charge in [0.05, 0.1) is 18.3 Å². The van der Waals surface area contributed by atoms with E-state index in [0.717, 1.165) is 18.7 Å². The van der Waals surface area contributed by atoms with Crippen molar-refractivity contribution < 1.29 is 4.74 Å². The third-order valence-electron chi connectivity index (χ3n) is 3.62. The molecule has 0 amide bonds. The topological polar surface area (TPSA) is 53.1 Å². The van der Waals surface area contributed by atoms with Crippen LogP contribution in [0.3, 0.4) is 0 Å². The van der Waals surface area contributed by atoms with E-state index in [0.29, 0.717) is 12.6 Å². The summed E-state index contributed by atoms with van der Waals surface area (Å²) in [6.45, 7) is 3.33. The van der Waals surface area contributed by atoms with Gasteiger partial charge >= 0.3 is 0 Å². The summed E-state index contributed by atoms with van der Waals surface area (Å²) >= 11 is 0. The zero-order valence-electron chi connectivity index (χ0n) is 11.3. The predicted molar refractivity (Wildman–Crippen MR) is 72.5 cm³/mol. The van der Waals surface area contributed by atoms with Crippen molar-refractivity contribution >= 4 is 0 Å². The molecule has 2 N–H and O–H groups in total. The largest absolute Gasteiger partial charge is 0.380 e. The minimum absolute atomic E-state index is 0.0552. The van der Waals surface area contributed by atoms with Gasteiger partial charge in [0, 0.05) is 25.3 Å². The van der Waals surface area contributed by atoms with Crippen LogP contribution in [0.15, 0.2) is 12.3 Å². The fourth-order valence-electron chi connectivity index (χ4n) is 2.63. The van der Waals surface area contributed by atoms with Gasteiger partial charge in [-0.05, 0) is 25.8 Å². The normalized spacial score (nSPS) is 19.0. The SMILES string of the molecule is CCOCC(N)Cc1ccn(C2CCCCC2)n1. The molecular formula is C14H25N3O. The molecule has 18 heavy (non-hydrogen) atoms. The molecule has 0 spiro atoms. The number of aromatic nitrogens is 2. The van der Waals surface area contributed by atoms with Crippen LogP contribution in [0.25, 0.3) is 0 Å². The van der Waals surface area contributed by atoms with Crippen LogP contribution in [0.2, 0.25) is 0 Å². The Balaban J connectivity index is 1.85. The molecule has 2 rings (SSSR count). The van der Waals surface area contributed by atoms with Gasteiger partial charge in [0.1, 0.15) is 0 Å². The van der Waals surface area contributed by atoms with E-state index < -0.39 is 0 Å². The summed E-state index contributed by atoms with van der Waals surface area (Å²) in [5.41, 5.74) is 7.10. The van der Waals surface area contributed by atoms with Gasteiger partial charge in [-0.1, -0.05) is 19.3 Å². The summed E-state index contributed by atoms with van der Waals surface area (Å²) in [5, 5.41) is 4.66. The van der Waals surface area contributed by atoms with Gasteiger partial charge in [0.2, 0.25) is 0 Å². The molecule has 1 atom stereocenters. The monoisotopic (exact) mass is 251 g/mol. The molecule has 1 fully saturated rings. The van der Waals surface area contributed by atoms with Gasteiger partial charge in [-0.2, -0.15) is 5.10 Å².